The monoisotopic (exact) mass is 326 g/mol. The first-order chi connectivity index (χ1) is 11.6. The van der Waals surface area contributed by atoms with Gasteiger partial charge in [0.2, 0.25) is 0 Å². The van der Waals surface area contributed by atoms with Gasteiger partial charge in [0, 0.05) is 16.7 Å². The Bertz CT molecular complexity index is 627. The molecule has 0 aliphatic heterocycles. The molecule has 4 nitrogen and oxygen atoms in total. The average molecular weight is 326 g/mol. The minimum absolute atomic E-state index is 0.151. The van der Waals surface area contributed by atoms with Crippen LogP contribution in [0.3, 0.4) is 0 Å². The van der Waals surface area contributed by atoms with Crippen LogP contribution in [0.4, 0.5) is 0 Å². The van der Waals surface area contributed by atoms with Crippen molar-refractivity contribution in [1.29, 1.82) is 0 Å². The first-order valence-electron chi connectivity index (χ1n) is 9.07. The molecule has 4 aliphatic rings. The molecule has 4 bridgehead atoms. The predicted molar refractivity (Wildman–Crippen MR) is 94.2 cm³/mol. The van der Waals surface area contributed by atoms with Crippen molar-refractivity contribution >= 4 is 11.6 Å². The summed E-state index contributed by atoms with van der Waals surface area (Å²) in [4.78, 5) is 12.3. The zero-order valence-corrected chi connectivity index (χ0v) is 14.5. The van der Waals surface area contributed by atoms with Crippen molar-refractivity contribution in [3.63, 3.8) is 0 Å². The van der Waals surface area contributed by atoms with E-state index in [-0.39, 0.29) is 11.3 Å². The number of benzene rings is 1. The Hall–Kier alpha value is -1.84. The summed E-state index contributed by atoms with van der Waals surface area (Å²) in [5, 5.41) is 4.52. The number of hydrazone groups is 1. The molecule has 0 radical (unpaired) electrons. The molecule has 0 aromatic heterocycles. The molecule has 4 aliphatic carbocycles. The van der Waals surface area contributed by atoms with Gasteiger partial charge in [-0.2, -0.15) is 5.10 Å². The van der Waals surface area contributed by atoms with E-state index in [0.717, 1.165) is 29.2 Å². The van der Waals surface area contributed by atoms with Crippen LogP contribution >= 0.6 is 0 Å². The Balaban J connectivity index is 1.46. The van der Waals surface area contributed by atoms with E-state index in [9.17, 15) is 4.79 Å². The zero-order valence-electron chi connectivity index (χ0n) is 14.5. The van der Waals surface area contributed by atoms with Gasteiger partial charge in [-0.15, -0.1) is 0 Å². The number of ether oxygens (including phenoxy) is 1. The highest BCUT2D eigenvalue weighted by Gasteiger charge is 2.52. The van der Waals surface area contributed by atoms with Crippen molar-refractivity contribution < 1.29 is 9.53 Å². The molecule has 4 heteroatoms. The topological polar surface area (TPSA) is 50.7 Å². The van der Waals surface area contributed by atoms with Crippen LogP contribution < -0.4 is 10.2 Å². The molecule has 4 saturated carbocycles. The maximum Gasteiger partial charge on any atom is 0.271 e. The van der Waals surface area contributed by atoms with Crippen LogP contribution in [-0.4, -0.2) is 18.7 Å². The second-order valence-electron chi connectivity index (χ2n) is 8.06. The van der Waals surface area contributed by atoms with E-state index in [1.165, 1.54) is 38.5 Å². The summed E-state index contributed by atoms with van der Waals surface area (Å²) in [7, 11) is 1.62. The van der Waals surface area contributed by atoms with Crippen molar-refractivity contribution in [2.24, 2.45) is 28.3 Å². The van der Waals surface area contributed by atoms with Gasteiger partial charge in [-0.05, 0) is 87.5 Å². The number of carbonyl (C=O) groups excluding carboxylic acids is 1. The van der Waals surface area contributed by atoms with E-state index in [4.69, 9.17) is 4.74 Å². The third kappa shape index (κ3) is 2.72. The molecule has 1 aromatic rings. The first-order valence-corrected chi connectivity index (χ1v) is 9.07. The van der Waals surface area contributed by atoms with E-state index in [0.29, 0.717) is 5.56 Å². The first kappa shape index (κ1) is 15.7. The van der Waals surface area contributed by atoms with Crippen LogP contribution in [0.15, 0.2) is 29.4 Å². The van der Waals surface area contributed by atoms with E-state index in [1.807, 2.05) is 0 Å². The van der Waals surface area contributed by atoms with Gasteiger partial charge in [-0.3, -0.25) is 4.79 Å². The molecule has 0 heterocycles. The number of nitrogens with zero attached hydrogens (tertiary/aromatic N) is 1. The minimum atomic E-state index is -0.151. The summed E-state index contributed by atoms with van der Waals surface area (Å²) in [6, 6.07) is 7.13. The molecular formula is C20H26N2O2. The maximum absolute atomic E-state index is 12.3. The maximum atomic E-state index is 12.3. The lowest BCUT2D eigenvalue weighted by molar-refractivity contribution is -0.0128. The number of carbonyl (C=O) groups is 1. The van der Waals surface area contributed by atoms with Gasteiger partial charge >= 0.3 is 0 Å². The lowest BCUT2D eigenvalue weighted by Crippen LogP contribution is -2.49. The Labute approximate surface area is 143 Å². The number of amides is 1. The largest absolute Gasteiger partial charge is 0.497 e. The summed E-state index contributed by atoms with van der Waals surface area (Å²) < 4.78 is 5.13. The van der Waals surface area contributed by atoms with Crippen molar-refractivity contribution in [1.82, 2.24) is 5.43 Å². The van der Waals surface area contributed by atoms with E-state index >= 15 is 0 Å². The molecule has 0 unspecified atom stereocenters. The number of hydrogen-bond acceptors (Lipinski definition) is 3. The summed E-state index contributed by atoms with van der Waals surface area (Å²) in [5.41, 5.74) is 4.76. The van der Waals surface area contributed by atoms with Gasteiger partial charge in [0.1, 0.15) is 5.75 Å². The smallest absolute Gasteiger partial charge is 0.271 e. The lowest BCUT2D eigenvalue weighted by atomic mass is 9.48. The van der Waals surface area contributed by atoms with E-state index in [2.05, 4.69) is 17.5 Å². The van der Waals surface area contributed by atoms with E-state index in [1.54, 1.807) is 31.4 Å². The Morgan fingerprint density at radius 3 is 2.12 bits per heavy atom. The highest BCUT2D eigenvalue weighted by atomic mass is 16.5. The standard InChI is InChI=1S/C20H26N2O2/c1-13(20-10-14-7-15(11-20)9-16(8-14)12-20)21-22-19(23)17-3-5-18(24-2)6-4-17/h3-6,14-16H,7-12H2,1-2H3,(H,22,23). The van der Waals surface area contributed by atoms with E-state index < -0.39 is 0 Å². The number of methoxy groups -OCH3 is 1. The molecule has 1 N–H and O–H groups in total. The van der Waals surface area contributed by atoms with Crippen LogP contribution in [0.25, 0.3) is 0 Å². The third-order valence-electron chi connectivity index (χ3n) is 6.48. The van der Waals surface area contributed by atoms with Gasteiger partial charge in [-0.1, -0.05) is 0 Å². The molecule has 0 spiro atoms. The van der Waals surface area contributed by atoms with Gasteiger partial charge < -0.3 is 4.74 Å². The van der Waals surface area contributed by atoms with Crippen molar-refractivity contribution in [2.75, 3.05) is 7.11 Å². The highest BCUT2D eigenvalue weighted by Crippen LogP contribution is 2.60. The fourth-order valence-corrected chi connectivity index (χ4v) is 5.61. The molecule has 1 amide bonds. The Kier molecular flexibility index (Phi) is 3.86. The fourth-order valence-electron chi connectivity index (χ4n) is 5.61. The summed E-state index contributed by atoms with van der Waals surface area (Å²) >= 11 is 0. The Morgan fingerprint density at radius 2 is 1.62 bits per heavy atom. The van der Waals surface area contributed by atoms with Gasteiger partial charge in [0.25, 0.3) is 5.91 Å². The molecule has 5 rings (SSSR count). The molecule has 0 saturated heterocycles. The van der Waals surface area contributed by atoms with Crippen LogP contribution in [-0.2, 0) is 0 Å². The zero-order chi connectivity index (χ0) is 16.7. The molecule has 128 valence electrons. The van der Waals surface area contributed by atoms with Gasteiger partial charge in [0.15, 0.2) is 0 Å². The second-order valence-corrected chi connectivity index (χ2v) is 8.06. The molecule has 0 atom stereocenters. The van der Waals surface area contributed by atoms with Crippen molar-refractivity contribution in [3.05, 3.63) is 29.8 Å². The number of nitrogens with one attached hydrogen (secondary N) is 1. The normalized spacial score (nSPS) is 34.2. The van der Waals surface area contributed by atoms with Crippen LogP contribution in [0.2, 0.25) is 0 Å². The SMILES string of the molecule is COc1ccc(C(=O)NN=C(C)C23CC4CC(CC(C4)C2)C3)cc1. The summed E-state index contributed by atoms with van der Waals surface area (Å²) in [6.07, 6.45) is 8.08. The predicted octanol–water partition coefficient (Wildman–Crippen LogP) is 4.02. The summed E-state index contributed by atoms with van der Waals surface area (Å²) in [6.45, 7) is 2.11. The van der Waals surface area contributed by atoms with Crippen LogP contribution in [0.1, 0.15) is 55.8 Å². The number of hydrogen-bond donors (Lipinski definition) is 1. The summed E-state index contributed by atoms with van der Waals surface area (Å²) in [5.74, 6) is 3.26. The lowest BCUT2D eigenvalue weighted by Gasteiger charge is -2.56. The Morgan fingerprint density at radius 1 is 1.08 bits per heavy atom. The fraction of sp³-hybridized carbons (Fsp3) is 0.600. The quantitative estimate of drug-likeness (QED) is 0.671. The van der Waals surface area contributed by atoms with Crippen LogP contribution in [0.5, 0.6) is 5.75 Å². The van der Waals surface area contributed by atoms with Crippen LogP contribution in [0, 0.1) is 23.2 Å². The minimum Gasteiger partial charge on any atom is -0.497 e. The molecule has 1 aromatic carbocycles. The molecule has 24 heavy (non-hydrogen) atoms. The van der Waals surface area contributed by atoms with Gasteiger partial charge in [0.05, 0.1) is 7.11 Å². The second kappa shape index (κ2) is 5.91. The number of rotatable bonds is 4. The average Bonchev–Trinajstić information content (AvgIpc) is 2.58. The molecular weight excluding hydrogens is 300 g/mol. The van der Waals surface area contributed by atoms with Gasteiger partial charge in [-0.25, -0.2) is 5.43 Å². The highest BCUT2D eigenvalue weighted by molar-refractivity contribution is 5.96. The third-order valence-corrected chi connectivity index (χ3v) is 6.48. The molecule has 4 fully saturated rings. The van der Waals surface area contributed by atoms with Crippen molar-refractivity contribution in [2.45, 2.75) is 45.4 Å². The van der Waals surface area contributed by atoms with Crippen molar-refractivity contribution in [3.8, 4) is 5.75 Å².